The summed E-state index contributed by atoms with van der Waals surface area (Å²) in [5, 5.41) is 4.62. The van der Waals surface area contributed by atoms with E-state index < -0.39 is 74.3 Å². The van der Waals surface area contributed by atoms with Crippen LogP contribution in [-0.2, 0) is 12.4 Å². The Hall–Kier alpha value is -2.91. The Morgan fingerprint density at radius 2 is 1.50 bits per heavy atom. The van der Waals surface area contributed by atoms with Crippen molar-refractivity contribution in [2.24, 2.45) is 0 Å². The first-order valence-corrected chi connectivity index (χ1v) is 8.72. The standard InChI is InChI=1S/C16H5BrF10N4O/c1-3-2-4(15(22,23)24)31-13(28-3)6(17)11(30-31)14(32)29-12-9(20)7(18)5(16(25,26)27)8(19)10(12)21/h2H,1H3,(H,29,32). The van der Waals surface area contributed by atoms with E-state index in [2.05, 4.69) is 26.0 Å². The van der Waals surface area contributed by atoms with Crippen molar-refractivity contribution in [3.63, 3.8) is 0 Å². The Balaban J connectivity index is 2.14. The van der Waals surface area contributed by atoms with Gasteiger partial charge in [-0.05, 0) is 28.9 Å². The van der Waals surface area contributed by atoms with Crippen molar-refractivity contribution in [2.45, 2.75) is 19.3 Å². The van der Waals surface area contributed by atoms with Gasteiger partial charge in [0.1, 0.15) is 16.9 Å². The number of alkyl halides is 6. The van der Waals surface area contributed by atoms with Crippen LogP contribution in [0, 0.1) is 30.2 Å². The average Bonchev–Trinajstić information content (AvgIpc) is 2.98. The van der Waals surface area contributed by atoms with Crippen LogP contribution in [0.25, 0.3) is 5.65 Å². The number of aromatic nitrogens is 3. The zero-order valence-corrected chi connectivity index (χ0v) is 16.6. The minimum absolute atomic E-state index is 0.152. The van der Waals surface area contributed by atoms with Gasteiger partial charge >= 0.3 is 12.4 Å². The van der Waals surface area contributed by atoms with Gasteiger partial charge < -0.3 is 5.32 Å². The van der Waals surface area contributed by atoms with E-state index in [0.717, 1.165) is 0 Å². The van der Waals surface area contributed by atoms with Crippen LogP contribution < -0.4 is 5.32 Å². The van der Waals surface area contributed by atoms with Crippen LogP contribution in [-0.4, -0.2) is 20.5 Å². The van der Waals surface area contributed by atoms with Crippen molar-refractivity contribution < 1.29 is 48.7 Å². The SMILES string of the molecule is Cc1cc(C(F)(F)F)n2nc(C(=O)Nc3c(F)c(F)c(C(F)(F)F)c(F)c3F)c(Br)c2n1. The maximum atomic E-state index is 14.0. The molecule has 3 aromatic rings. The van der Waals surface area contributed by atoms with E-state index in [-0.39, 0.29) is 10.2 Å². The number of hydrogen-bond donors (Lipinski definition) is 1. The summed E-state index contributed by atoms with van der Waals surface area (Å²) in [6.07, 6.45) is -10.8. The molecule has 1 N–H and O–H groups in total. The summed E-state index contributed by atoms with van der Waals surface area (Å²) < 4.78 is 133. The Labute approximate surface area is 178 Å². The van der Waals surface area contributed by atoms with Gasteiger partial charge in [-0.25, -0.2) is 27.1 Å². The molecule has 2 aromatic heterocycles. The van der Waals surface area contributed by atoms with E-state index in [4.69, 9.17) is 0 Å². The lowest BCUT2D eigenvalue weighted by atomic mass is 10.1. The lowest BCUT2D eigenvalue weighted by Crippen LogP contribution is -2.21. The third kappa shape index (κ3) is 3.86. The summed E-state index contributed by atoms with van der Waals surface area (Å²) in [4.78, 5) is 16.1. The number of hydrogen-bond acceptors (Lipinski definition) is 3. The lowest BCUT2D eigenvalue weighted by molar-refractivity contribution is -0.143. The van der Waals surface area contributed by atoms with Crippen molar-refractivity contribution in [1.82, 2.24) is 14.6 Å². The summed E-state index contributed by atoms with van der Waals surface area (Å²) in [6, 6.07) is 0.577. The largest absolute Gasteiger partial charge is 0.433 e. The fourth-order valence-electron chi connectivity index (χ4n) is 2.62. The van der Waals surface area contributed by atoms with Gasteiger partial charge in [-0.1, -0.05) is 0 Å². The Morgan fingerprint density at radius 3 is 1.97 bits per heavy atom. The van der Waals surface area contributed by atoms with Gasteiger partial charge in [-0.3, -0.25) is 4.79 Å². The molecule has 0 unspecified atom stereocenters. The molecule has 172 valence electrons. The van der Waals surface area contributed by atoms with Crippen LogP contribution in [0.2, 0.25) is 0 Å². The molecule has 0 aliphatic carbocycles. The summed E-state index contributed by atoms with van der Waals surface area (Å²) >= 11 is 2.75. The number of benzene rings is 1. The van der Waals surface area contributed by atoms with Crippen molar-refractivity contribution >= 4 is 33.2 Å². The van der Waals surface area contributed by atoms with E-state index in [1.807, 2.05) is 0 Å². The molecule has 0 bridgehead atoms. The number of anilines is 1. The number of aryl methyl sites for hydroxylation is 1. The molecule has 5 nitrogen and oxygen atoms in total. The molecule has 0 fully saturated rings. The minimum Gasteiger partial charge on any atom is -0.315 e. The van der Waals surface area contributed by atoms with Gasteiger partial charge in [-0.15, -0.1) is 0 Å². The highest BCUT2D eigenvalue weighted by atomic mass is 79.9. The number of carbonyl (C=O) groups excluding carboxylic acids is 1. The minimum atomic E-state index is -5.81. The second kappa shape index (κ2) is 7.60. The molecule has 0 saturated heterocycles. The van der Waals surface area contributed by atoms with E-state index in [0.29, 0.717) is 6.07 Å². The molecule has 1 amide bonds. The molecule has 0 saturated carbocycles. The summed E-state index contributed by atoms with van der Waals surface area (Å²) in [5.41, 5.74) is -7.86. The molecule has 3 rings (SSSR count). The Bertz CT molecular complexity index is 1240. The number of rotatable bonds is 2. The topological polar surface area (TPSA) is 59.3 Å². The van der Waals surface area contributed by atoms with Gasteiger partial charge in [0.2, 0.25) is 0 Å². The van der Waals surface area contributed by atoms with Gasteiger partial charge in [-0.2, -0.15) is 31.4 Å². The fraction of sp³-hybridized carbons (Fsp3) is 0.188. The van der Waals surface area contributed by atoms with Crippen LogP contribution in [0.15, 0.2) is 10.5 Å². The normalized spacial score (nSPS) is 12.5. The molecular weight excluding hydrogens is 534 g/mol. The predicted octanol–water partition coefficient (Wildman–Crippen LogP) is 5.65. The summed E-state index contributed by atoms with van der Waals surface area (Å²) in [6.45, 7) is 1.19. The van der Waals surface area contributed by atoms with Crippen molar-refractivity contribution in [1.29, 1.82) is 0 Å². The first kappa shape index (κ1) is 23.7. The van der Waals surface area contributed by atoms with E-state index in [1.54, 1.807) is 0 Å². The Morgan fingerprint density at radius 1 is 0.969 bits per heavy atom. The molecule has 32 heavy (non-hydrogen) atoms. The quantitative estimate of drug-likeness (QED) is 0.339. The average molecular weight is 539 g/mol. The molecule has 0 aliphatic heterocycles. The first-order chi connectivity index (χ1) is 14.6. The zero-order chi connectivity index (χ0) is 24.3. The van der Waals surface area contributed by atoms with Crippen molar-refractivity contribution in [3.05, 3.63) is 56.5 Å². The number of amides is 1. The molecule has 1 aromatic carbocycles. The summed E-state index contributed by atoms with van der Waals surface area (Å²) in [7, 11) is 0. The maximum absolute atomic E-state index is 14.0. The van der Waals surface area contributed by atoms with Crippen LogP contribution in [0.1, 0.15) is 27.4 Å². The molecule has 0 spiro atoms. The number of nitrogens with zero attached hydrogens (tertiary/aromatic N) is 3. The number of carbonyl (C=O) groups is 1. The van der Waals surface area contributed by atoms with Gasteiger partial charge in [0.15, 0.2) is 34.6 Å². The van der Waals surface area contributed by atoms with Crippen molar-refractivity contribution in [2.75, 3.05) is 5.32 Å². The highest BCUT2D eigenvalue weighted by Crippen LogP contribution is 2.39. The predicted molar refractivity (Wildman–Crippen MR) is 89.7 cm³/mol. The fourth-order valence-corrected chi connectivity index (χ4v) is 3.14. The van der Waals surface area contributed by atoms with Crippen LogP contribution >= 0.6 is 15.9 Å². The monoisotopic (exact) mass is 538 g/mol. The van der Waals surface area contributed by atoms with E-state index in [9.17, 15) is 48.7 Å². The lowest BCUT2D eigenvalue weighted by Gasteiger charge is -2.14. The van der Waals surface area contributed by atoms with Gasteiger partial charge in [0, 0.05) is 5.69 Å². The third-order valence-electron chi connectivity index (χ3n) is 3.95. The number of nitrogens with one attached hydrogen (secondary N) is 1. The molecular formula is C16H5BrF10N4O. The van der Waals surface area contributed by atoms with E-state index in [1.165, 1.54) is 12.2 Å². The first-order valence-electron chi connectivity index (χ1n) is 7.93. The van der Waals surface area contributed by atoms with Gasteiger partial charge in [0.05, 0.1) is 4.47 Å². The second-order valence-corrected chi connectivity index (χ2v) is 6.93. The maximum Gasteiger partial charge on any atom is 0.433 e. The molecule has 16 heteroatoms. The molecule has 0 aliphatic rings. The number of fused-ring (bicyclic) bond motifs is 1. The van der Waals surface area contributed by atoms with Crippen LogP contribution in [0.5, 0.6) is 0 Å². The highest BCUT2D eigenvalue weighted by Gasteiger charge is 2.43. The molecule has 0 radical (unpaired) electrons. The smallest absolute Gasteiger partial charge is 0.315 e. The second-order valence-electron chi connectivity index (χ2n) is 6.14. The van der Waals surface area contributed by atoms with Crippen LogP contribution in [0.4, 0.5) is 49.6 Å². The van der Waals surface area contributed by atoms with Crippen LogP contribution in [0.3, 0.4) is 0 Å². The van der Waals surface area contributed by atoms with Crippen molar-refractivity contribution in [3.8, 4) is 0 Å². The molecule has 2 heterocycles. The molecule has 0 atom stereocenters. The van der Waals surface area contributed by atoms with E-state index >= 15 is 0 Å². The number of halogens is 11. The summed E-state index contributed by atoms with van der Waals surface area (Å²) in [5.74, 6) is -12.6. The van der Waals surface area contributed by atoms with Gasteiger partial charge in [0.25, 0.3) is 5.91 Å². The zero-order valence-electron chi connectivity index (χ0n) is 15.0. The Kier molecular flexibility index (Phi) is 5.64. The third-order valence-corrected chi connectivity index (χ3v) is 4.68. The highest BCUT2D eigenvalue weighted by molar-refractivity contribution is 9.10.